The van der Waals surface area contributed by atoms with Crippen LogP contribution in [0.2, 0.25) is 0 Å². The average molecular weight is 364 g/mol. The Kier molecular flexibility index (Phi) is 5.42. The molecule has 0 atom stereocenters. The van der Waals surface area contributed by atoms with E-state index < -0.39 is 5.97 Å². The Morgan fingerprint density at radius 3 is 2.04 bits per heavy atom. The molecule has 6 nitrogen and oxygen atoms in total. The minimum atomic E-state index is -0.748. The fourth-order valence-corrected chi connectivity index (χ4v) is 4.52. The molecule has 1 N–H and O–H groups in total. The topological polar surface area (TPSA) is 77.9 Å². The Morgan fingerprint density at radius 1 is 0.960 bits per heavy atom. The van der Waals surface area contributed by atoms with Crippen LogP contribution in [0, 0.1) is 18.8 Å². The first-order valence-electron chi connectivity index (χ1n) is 8.83. The van der Waals surface area contributed by atoms with Crippen LogP contribution in [0.1, 0.15) is 40.2 Å². The summed E-state index contributed by atoms with van der Waals surface area (Å²) in [7, 11) is 0. The van der Waals surface area contributed by atoms with Crippen LogP contribution in [-0.2, 0) is 9.59 Å². The summed E-state index contributed by atoms with van der Waals surface area (Å²) < 4.78 is 0. The second-order valence-corrected chi connectivity index (χ2v) is 8.20. The molecule has 1 aromatic rings. The van der Waals surface area contributed by atoms with Gasteiger partial charge in [0.15, 0.2) is 0 Å². The number of nitrogens with zero attached hydrogens (tertiary/aromatic N) is 2. The Balaban J connectivity index is 1.49. The number of carbonyl (C=O) groups is 3. The fraction of sp³-hybridized carbons (Fsp3) is 0.611. The van der Waals surface area contributed by atoms with Gasteiger partial charge in [-0.1, -0.05) is 0 Å². The Hall–Kier alpha value is -1.89. The van der Waals surface area contributed by atoms with Crippen LogP contribution in [0.3, 0.4) is 0 Å². The molecule has 0 unspecified atom stereocenters. The molecule has 25 heavy (non-hydrogen) atoms. The number of amides is 2. The summed E-state index contributed by atoms with van der Waals surface area (Å²) in [5.41, 5.74) is 0. The number of hydrogen-bond acceptors (Lipinski definition) is 4. The van der Waals surface area contributed by atoms with Crippen molar-refractivity contribution in [2.75, 3.05) is 26.2 Å². The van der Waals surface area contributed by atoms with E-state index in [4.69, 9.17) is 5.11 Å². The highest BCUT2D eigenvalue weighted by Crippen LogP contribution is 2.30. The van der Waals surface area contributed by atoms with Crippen molar-refractivity contribution in [3.8, 4) is 0 Å². The van der Waals surface area contributed by atoms with E-state index in [1.807, 2.05) is 28.9 Å². The van der Waals surface area contributed by atoms with Gasteiger partial charge in [0.05, 0.1) is 10.8 Å². The third-order valence-electron chi connectivity index (χ3n) is 5.26. The molecule has 0 aromatic carbocycles. The number of piperazine rings is 1. The summed E-state index contributed by atoms with van der Waals surface area (Å²) >= 11 is 1.50. The second kappa shape index (κ2) is 7.56. The highest BCUT2D eigenvalue weighted by Gasteiger charge is 2.33. The normalized spacial score (nSPS) is 24.2. The van der Waals surface area contributed by atoms with Gasteiger partial charge < -0.3 is 14.9 Å². The van der Waals surface area contributed by atoms with E-state index in [0.29, 0.717) is 51.9 Å². The maximum absolute atomic E-state index is 12.7. The molecule has 1 aliphatic heterocycles. The lowest BCUT2D eigenvalue weighted by Crippen LogP contribution is -2.52. The summed E-state index contributed by atoms with van der Waals surface area (Å²) in [5.74, 6) is -0.928. The van der Waals surface area contributed by atoms with Crippen LogP contribution < -0.4 is 0 Å². The number of carbonyl (C=O) groups excluding carboxylic acids is 2. The third-order valence-corrected chi connectivity index (χ3v) is 6.24. The van der Waals surface area contributed by atoms with Crippen molar-refractivity contribution in [1.29, 1.82) is 0 Å². The molecule has 2 aliphatic rings. The van der Waals surface area contributed by atoms with Gasteiger partial charge in [-0.05, 0) is 44.7 Å². The summed E-state index contributed by atoms with van der Waals surface area (Å²) in [6.07, 6.45) is 2.48. The molecule has 2 heterocycles. The van der Waals surface area contributed by atoms with Gasteiger partial charge in [0.1, 0.15) is 0 Å². The van der Waals surface area contributed by atoms with Gasteiger partial charge in [-0.25, -0.2) is 0 Å². The van der Waals surface area contributed by atoms with Gasteiger partial charge in [0.25, 0.3) is 5.91 Å². The minimum absolute atomic E-state index is 0.0483. The van der Waals surface area contributed by atoms with Gasteiger partial charge in [-0.2, -0.15) is 0 Å². The van der Waals surface area contributed by atoms with E-state index in [9.17, 15) is 14.4 Å². The standard InChI is InChI=1S/C18H24N2O4S/c1-12-2-7-15(25-12)17(22)20-10-8-19(9-11-20)16(21)13-3-5-14(6-4-13)18(23)24/h2,7,13-14H,3-6,8-11H2,1H3,(H,23,24). The van der Waals surface area contributed by atoms with Crippen molar-refractivity contribution in [2.24, 2.45) is 11.8 Å². The molecule has 1 saturated carbocycles. The smallest absolute Gasteiger partial charge is 0.306 e. The van der Waals surface area contributed by atoms with Gasteiger partial charge in [0, 0.05) is 37.0 Å². The number of thiophene rings is 1. The molecule has 1 saturated heterocycles. The number of aryl methyl sites for hydroxylation is 1. The lowest BCUT2D eigenvalue weighted by atomic mass is 9.81. The summed E-state index contributed by atoms with van der Waals surface area (Å²) in [6.45, 7) is 4.23. The summed E-state index contributed by atoms with van der Waals surface area (Å²) in [6, 6.07) is 3.81. The fourth-order valence-electron chi connectivity index (χ4n) is 3.68. The van der Waals surface area contributed by atoms with E-state index in [1.165, 1.54) is 11.3 Å². The zero-order valence-corrected chi connectivity index (χ0v) is 15.3. The molecule has 2 amide bonds. The van der Waals surface area contributed by atoms with Crippen LogP contribution >= 0.6 is 11.3 Å². The van der Waals surface area contributed by atoms with Gasteiger partial charge in [-0.15, -0.1) is 11.3 Å². The SMILES string of the molecule is Cc1ccc(C(=O)N2CCN(C(=O)C3CCC(C(=O)O)CC3)CC2)s1. The monoisotopic (exact) mass is 364 g/mol. The van der Waals surface area contributed by atoms with Crippen molar-refractivity contribution in [1.82, 2.24) is 9.80 Å². The Bertz CT molecular complexity index is 656. The number of carboxylic acids is 1. The van der Waals surface area contributed by atoms with Crippen LogP contribution in [0.5, 0.6) is 0 Å². The molecule has 0 bridgehead atoms. The molecule has 2 fully saturated rings. The van der Waals surface area contributed by atoms with Gasteiger partial charge >= 0.3 is 5.97 Å². The predicted octanol–water partition coefficient (Wildman–Crippen LogP) is 2.23. The van der Waals surface area contributed by atoms with Crippen molar-refractivity contribution < 1.29 is 19.5 Å². The maximum atomic E-state index is 12.7. The van der Waals surface area contributed by atoms with Crippen LogP contribution in [0.4, 0.5) is 0 Å². The van der Waals surface area contributed by atoms with E-state index in [1.54, 1.807) is 0 Å². The molecule has 7 heteroatoms. The minimum Gasteiger partial charge on any atom is -0.481 e. The zero-order chi connectivity index (χ0) is 18.0. The molecule has 0 radical (unpaired) electrons. The summed E-state index contributed by atoms with van der Waals surface area (Å²) in [4.78, 5) is 41.7. The largest absolute Gasteiger partial charge is 0.481 e. The quantitative estimate of drug-likeness (QED) is 0.892. The molecular formula is C18H24N2O4S. The molecular weight excluding hydrogens is 340 g/mol. The van der Waals surface area contributed by atoms with E-state index in [0.717, 1.165) is 9.75 Å². The number of aliphatic carboxylic acids is 1. The Morgan fingerprint density at radius 2 is 1.52 bits per heavy atom. The summed E-state index contributed by atoms with van der Waals surface area (Å²) in [5, 5.41) is 9.06. The van der Waals surface area contributed by atoms with Gasteiger partial charge in [0.2, 0.25) is 5.91 Å². The highest BCUT2D eigenvalue weighted by atomic mass is 32.1. The van der Waals surface area contributed by atoms with Gasteiger partial charge in [-0.3, -0.25) is 14.4 Å². The predicted molar refractivity (Wildman–Crippen MR) is 94.6 cm³/mol. The van der Waals surface area contributed by atoms with Crippen LogP contribution in [-0.4, -0.2) is 58.9 Å². The highest BCUT2D eigenvalue weighted by molar-refractivity contribution is 7.13. The lowest BCUT2D eigenvalue weighted by Gasteiger charge is -2.37. The number of hydrogen-bond donors (Lipinski definition) is 1. The van der Waals surface area contributed by atoms with Crippen molar-refractivity contribution in [2.45, 2.75) is 32.6 Å². The third kappa shape index (κ3) is 4.03. The first-order chi connectivity index (χ1) is 12.0. The molecule has 136 valence electrons. The first kappa shape index (κ1) is 17.9. The van der Waals surface area contributed by atoms with E-state index in [2.05, 4.69) is 0 Å². The van der Waals surface area contributed by atoms with Crippen molar-refractivity contribution in [3.63, 3.8) is 0 Å². The molecule has 1 aromatic heterocycles. The van der Waals surface area contributed by atoms with Crippen LogP contribution in [0.15, 0.2) is 12.1 Å². The average Bonchev–Trinajstić information content (AvgIpc) is 3.07. The lowest BCUT2D eigenvalue weighted by molar-refractivity contribution is -0.146. The van der Waals surface area contributed by atoms with Crippen molar-refractivity contribution >= 4 is 29.1 Å². The van der Waals surface area contributed by atoms with Crippen LogP contribution in [0.25, 0.3) is 0 Å². The maximum Gasteiger partial charge on any atom is 0.306 e. The number of rotatable bonds is 3. The zero-order valence-electron chi connectivity index (χ0n) is 14.4. The molecule has 3 rings (SSSR count). The number of carboxylic acid groups (broad SMARTS) is 1. The van der Waals surface area contributed by atoms with E-state index in [-0.39, 0.29) is 23.7 Å². The van der Waals surface area contributed by atoms with E-state index >= 15 is 0 Å². The first-order valence-corrected chi connectivity index (χ1v) is 9.64. The molecule has 0 spiro atoms. The second-order valence-electron chi connectivity index (χ2n) is 6.91. The Labute approximate surface area is 151 Å². The molecule has 1 aliphatic carbocycles. The van der Waals surface area contributed by atoms with Crippen molar-refractivity contribution in [3.05, 3.63) is 21.9 Å².